The molecule has 0 heterocycles. The summed E-state index contributed by atoms with van der Waals surface area (Å²) in [5.41, 5.74) is 12.3. The molecule has 12 aromatic rings. The van der Waals surface area contributed by atoms with Gasteiger partial charge in [-0.05, 0) is 177 Å². The Bertz CT molecular complexity index is 3990. The van der Waals surface area contributed by atoms with Crippen molar-refractivity contribution in [2.45, 2.75) is 24.7 Å². The first kappa shape index (κ1) is 27.8. The van der Waals surface area contributed by atoms with Crippen LogP contribution in [0.15, 0.2) is 146 Å². The highest BCUT2D eigenvalue weighted by Gasteiger charge is 2.43. The molecule has 0 N–H and O–H groups in total. The second kappa shape index (κ2) is 9.02. The van der Waals surface area contributed by atoms with Gasteiger partial charge in [-0.15, -0.1) is 0 Å². The van der Waals surface area contributed by atoms with Crippen LogP contribution < -0.4 is 0 Å². The van der Waals surface area contributed by atoms with E-state index in [4.69, 9.17) is 0 Å². The molecule has 0 fully saturated rings. The van der Waals surface area contributed by atoms with Crippen molar-refractivity contribution < 1.29 is 0 Å². The third-order valence-electron chi connectivity index (χ3n) is 15.2. The summed E-state index contributed by atoms with van der Waals surface area (Å²) in [5.74, 6) is 0.667. The summed E-state index contributed by atoms with van der Waals surface area (Å²) in [6.07, 6.45) is 2.09. The Balaban J connectivity index is 1.08. The molecule has 16 rings (SSSR count). The molecule has 0 radical (unpaired) electrons. The summed E-state index contributed by atoms with van der Waals surface area (Å²) in [7, 11) is 0. The minimum Gasteiger partial charge on any atom is -0.0616 e. The van der Waals surface area contributed by atoms with Gasteiger partial charge in [-0.2, -0.15) is 0 Å². The molecule has 0 heteroatoms. The number of hydrogen-bond donors (Lipinski definition) is 0. The van der Waals surface area contributed by atoms with Crippen LogP contribution in [0.4, 0.5) is 0 Å². The van der Waals surface area contributed by atoms with Crippen LogP contribution in [-0.2, 0) is 12.8 Å². The van der Waals surface area contributed by atoms with Crippen molar-refractivity contribution in [3.63, 3.8) is 0 Å². The molecule has 4 aliphatic rings. The van der Waals surface area contributed by atoms with Crippen LogP contribution in [0, 0.1) is 0 Å². The average Bonchev–Trinajstić information content (AvgIpc) is 3.81. The number of hydrogen-bond acceptors (Lipinski definition) is 0. The lowest BCUT2D eigenvalue weighted by Gasteiger charge is -2.39. The molecule has 0 saturated carbocycles. The molecule has 2 atom stereocenters. The third kappa shape index (κ3) is 2.82. The normalized spacial score (nSPS) is 17.1. The molecule has 0 amide bonds. The Hall–Kier alpha value is -6.76. The van der Waals surface area contributed by atoms with Gasteiger partial charge in [0.15, 0.2) is 0 Å². The van der Waals surface area contributed by atoms with Crippen LogP contribution in [0.5, 0.6) is 0 Å². The average molecular weight is 703 g/mol. The van der Waals surface area contributed by atoms with Gasteiger partial charge in [0.25, 0.3) is 0 Å². The molecule has 12 aromatic carbocycles. The van der Waals surface area contributed by atoms with E-state index in [-0.39, 0.29) is 0 Å². The fraction of sp³-hybridized carbons (Fsp3) is 0.0714. The Labute approximate surface area is 321 Å². The SMILES string of the molecule is c1ccc2c(c1)c1c3c4c2ccc2c5ccccc5c5ccc(c-3c5c24)C(C2Cc3ccc4c5ccccc5c5ccc6c7ccccc7c2c2c6c5c4c3-2)C1. The van der Waals surface area contributed by atoms with E-state index < -0.39 is 0 Å². The zero-order valence-corrected chi connectivity index (χ0v) is 30.4. The zero-order valence-electron chi connectivity index (χ0n) is 30.4. The van der Waals surface area contributed by atoms with Crippen LogP contribution >= 0.6 is 0 Å². The maximum Gasteiger partial charge on any atom is -0.000742 e. The molecule has 0 nitrogen and oxygen atoms in total. The first-order valence-corrected chi connectivity index (χ1v) is 20.4. The van der Waals surface area contributed by atoms with Crippen LogP contribution in [0.1, 0.15) is 34.1 Å². The standard InChI is InChI=1S/C56H30/c1-2-10-29-28(9-1)36-18-17-27-25-44(47-35-16-8-7-15-34(35)41-22-21-37(29)49-48(36)46(27)56(47)54(41)49)43-26-45-33-14-6-5-13-32(33)40-20-19-38-30-11-3-4-12-31(30)39-23-24-42(43)53-51(39)50(38)52(40)55(45)53/h1-24,43-44H,25-26H2. The summed E-state index contributed by atoms with van der Waals surface area (Å²) in [6, 6.07) is 56.7. The summed E-state index contributed by atoms with van der Waals surface area (Å²) in [4.78, 5) is 0. The summed E-state index contributed by atoms with van der Waals surface area (Å²) in [6.45, 7) is 0. The van der Waals surface area contributed by atoms with E-state index in [0.29, 0.717) is 11.8 Å². The van der Waals surface area contributed by atoms with Crippen LogP contribution in [-0.4, -0.2) is 0 Å². The highest BCUT2D eigenvalue weighted by Crippen LogP contribution is 2.64. The lowest BCUT2D eigenvalue weighted by molar-refractivity contribution is 0.530. The molecule has 0 spiro atoms. The number of benzene rings is 12. The van der Waals surface area contributed by atoms with E-state index in [0.717, 1.165) is 12.8 Å². The first-order chi connectivity index (χ1) is 27.8. The van der Waals surface area contributed by atoms with Crippen molar-refractivity contribution in [1.82, 2.24) is 0 Å². The fourth-order valence-electron chi connectivity index (χ4n) is 13.3. The maximum absolute atomic E-state index is 2.57. The molecule has 2 unspecified atom stereocenters. The monoisotopic (exact) mass is 702 g/mol. The molecular weight excluding hydrogens is 673 g/mol. The van der Waals surface area contributed by atoms with Crippen LogP contribution in [0.3, 0.4) is 0 Å². The minimum atomic E-state index is 0.333. The van der Waals surface area contributed by atoms with Gasteiger partial charge in [0.05, 0.1) is 0 Å². The zero-order chi connectivity index (χ0) is 35.7. The highest BCUT2D eigenvalue weighted by atomic mass is 14.5. The largest absolute Gasteiger partial charge is 0.0616 e. The van der Waals surface area contributed by atoms with E-state index in [1.807, 2.05) is 0 Å². The molecule has 0 aliphatic heterocycles. The Morgan fingerprint density at radius 2 is 0.679 bits per heavy atom. The molecular formula is C56H30. The van der Waals surface area contributed by atoms with Gasteiger partial charge in [-0.25, -0.2) is 0 Å². The van der Waals surface area contributed by atoms with Crippen molar-refractivity contribution >= 4 is 108 Å². The van der Waals surface area contributed by atoms with E-state index in [1.54, 1.807) is 16.7 Å². The second-order valence-electron chi connectivity index (χ2n) is 17.2. The lowest BCUT2D eigenvalue weighted by Crippen LogP contribution is -2.23. The maximum atomic E-state index is 2.57. The smallest absolute Gasteiger partial charge is 0.000742 e. The summed E-state index contributed by atoms with van der Waals surface area (Å²) >= 11 is 0. The Morgan fingerprint density at radius 3 is 1.27 bits per heavy atom. The van der Waals surface area contributed by atoms with Gasteiger partial charge >= 0.3 is 0 Å². The van der Waals surface area contributed by atoms with Gasteiger partial charge < -0.3 is 0 Å². The van der Waals surface area contributed by atoms with Crippen molar-refractivity contribution in [2.75, 3.05) is 0 Å². The van der Waals surface area contributed by atoms with Crippen molar-refractivity contribution in [2.24, 2.45) is 0 Å². The van der Waals surface area contributed by atoms with Gasteiger partial charge in [0, 0.05) is 0 Å². The van der Waals surface area contributed by atoms with E-state index >= 15 is 0 Å². The van der Waals surface area contributed by atoms with Crippen LogP contribution in [0.2, 0.25) is 0 Å². The first-order valence-electron chi connectivity index (χ1n) is 20.4. The fourth-order valence-corrected chi connectivity index (χ4v) is 13.3. The predicted molar refractivity (Wildman–Crippen MR) is 239 cm³/mol. The van der Waals surface area contributed by atoms with Crippen LogP contribution in [0.25, 0.3) is 130 Å². The van der Waals surface area contributed by atoms with Crippen molar-refractivity contribution in [3.05, 3.63) is 168 Å². The summed E-state index contributed by atoms with van der Waals surface area (Å²) < 4.78 is 0. The van der Waals surface area contributed by atoms with Gasteiger partial charge in [0.1, 0.15) is 0 Å². The highest BCUT2D eigenvalue weighted by molar-refractivity contribution is 6.44. The quantitative estimate of drug-likeness (QED) is 0.149. The third-order valence-corrected chi connectivity index (χ3v) is 15.2. The van der Waals surface area contributed by atoms with Crippen molar-refractivity contribution in [1.29, 1.82) is 0 Å². The molecule has 4 aliphatic carbocycles. The topological polar surface area (TPSA) is 0 Å². The molecule has 56 heavy (non-hydrogen) atoms. The van der Waals surface area contributed by atoms with E-state index in [2.05, 4.69) is 146 Å². The second-order valence-corrected chi connectivity index (χ2v) is 17.2. The number of fused-ring (bicyclic) bond motifs is 12. The Morgan fingerprint density at radius 1 is 0.268 bits per heavy atom. The molecule has 0 bridgehead atoms. The van der Waals surface area contributed by atoms with Crippen molar-refractivity contribution in [3.8, 4) is 22.3 Å². The van der Waals surface area contributed by atoms with E-state index in [9.17, 15) is 0 Å². The van der Waals surface area contributed by atoms with E-state index in [1.165, 1.54) is 136 Å². The molecule has 254 valence electrons. The van der Waals surface area contributed by atoms with Gasteiger partial charge in [-0.1, -0.05) is 146 Å². The Kier molecular flexibility index (Phi) is 4.47. The predicted octanol–water partition coefficient (Wildman–Crippen LogP) is 15.2. The molecule has 0 aromatic heterocycles. The molecule has 0 saturated heterocycles. The summed E-state index contributed by atoms with van der Waals surface area (Å²) in [5, 5.41) is 28.5. The number of rotatable bonds is 1. The minimum absolute atomic E-state index is 0.333. The van der Waals surface area contributed by atoms with Gasteiger partial charge in [-0.3, -0.25) is 0 Å². The lowest BCUT2D eigenvalue weighted by atomic mass is 9.64. The van der Waals surface area contributed by atoms with Gasteiger partial charge in [0.2, 0.25) is 0 Å².